The van der Waals surface area contributed by atoms with E-state index >= 15 is 0 Å². The molecule has 0 fully saturated rings. The number of ether oxygens (including phenoxy) is 2. The lowest BCUT2D eigenvalue weighted by molar-refractivity contribution is -0.275. The topological polar surface area (TPSA) is 57.4 Å². The van der Waals surface area contributed by atoms with Crippen molar-refractivity contribution in [2.24, 2.45) is 5.73 Å². The van der Waals surface area contributed by atoms with Crippen LogP contribution in [0.4, 0.5) is 13.2 Å². The maximum atomic E-state index is 12.1. The minimum Gasteiger partial charge on any atom is -0.495 e. The van der Waals surface area contributed by atoms with E-state index < -0.39 is 12.1 Å². The lowest BCUT2D eigenvalue weighted by atomic mass is 10.2. The Bertz CT molecular complexity index is 384. The summed E-state index contributed by atoms with van der Waals surface area (Å²) >= 11 is 1.64. The molecule has 16 heavy (non-hydrogen) atoms. The van der Waals surface area contributed by atoms with E-state index in [1.807, 2.05) is 0 Å². The van der Waals surface area contributed by atoms with Gasteiger partial charge in [-0.05, 0) is 22.6 Å². The highest BCUT2D eigenvalue weighted by molar-refractivity contribution is 14.1. The third kappa shape index (κ3) is 3.11. The predicted molar refractivity (Wildman–Crippen MR) is 58.1 cm³/mol. The minimum absolute atomic E-state index is 0.0798. The molecule has 0 aliphatic heterocycles. The Morgan fingerprint density at radius 1 is 1.50 bits per heavy atom. The molecule has 0 aliphatic carbocycles. The first-order chi connectivity index (χ1) is 7.39. The van der Waals surface area contributed by atoms with Crippen molar-refractivity contribution in [2.45, 2.75) is 12.9 Å². The Morgan fingerprint density at radius 3 is 2.56 bits per heavy atom. The van der Waals surface area contributed by atoms with E-state index in [1.54, 1.807) is 22.6 Å². The van der Waals surface area contributed by atoms with Crippen molar-refractivity contribution in [1.82, 2.24) is 4.98 Å². The number of hydrogen-bond acceptors (Lipinski definition) is 4. The first-order valence-corrected chi connectivity index (χ1v) is 5.14. The van der Waals surface area contributed by atoms with Crippen LogP contribution in [0.1, 0.15) is 5.56 Å². The number of nitrogens with zero attached hydrogens (tertiary/aromatic N) is 1. The second-order valence-corrected chi connectivity index (χ2v) is 3.70. The Labute approximate surface area is 103 Å². The summed E-state index contributed by atoms with van der Waals surface area (Å²) in [5, 5.41) is 0. The van der Waals surface area contributed by atoms with Crippen LogP contribution in [0.5, 0.6) is 11.5 Å². The molecular formula is C8H8F3IN2O2. The van der Waals surface area contributed by atoms with E-state index in [1.165, 1.54) is 13.3 Å². The molecule has 0 spiro atoms. The zero-order valence-electron chi connectivity index (χ0n) is 8.14. The maximum Gasteiger partial charge on any atom is 0.573 e. The van der Waals surface area contributed by atoms with Crippen molar-refractivity contribution in [3.8, 4) is 11.5 Å². The van der Waals surface area contributed by atoms with Gasteiger partial charge in [0.1, 0.15) is 9.45 Å². The fourth-order valence-corrected chi connectivity index (χ4v) is 1.65. The molecule has 1 heterocycles. The quantitative estimate of drug-likeness (QED) is 0.671. The zero-order chi connectivity index (χ0) is 12.3. The molecule has 0 aliphatic rings. The third-order valence-electron chi connectivity index (χ3n) is 1.70. The van der Waals surface area contributed by atoms with E-state index in [0.29, 0.717) is 0 Å². The first kappa shape index (κ1) is 13.3. The van der Waals surface area contributed by atoms with Crippen LogP contribution in [0.2, 0.25) is 0 Å². The molecule has 0 saturated heterocycles. The highest BCUT2D eigenvalue weighted by Crippen LogP contribution is 2.34. The summed E-state index contributed by atoms with van der Waals surface area (Å²) < 4.78 is 45.2. The van der Waals surface area contributed by atoms with Crippen molar-refractivity contribution < 1.29 is 22.6 Å². The average Bonchev–Trinajstić information content (AvgIpc) is 2.19. The van der Waals surface area contributed by atoms with E-state index in [9.17, 15) is 13.2 Å². The molecule has 8 heteroatoms. The minimum atomic E-state index is -4.78. The standard InChI is InChI=1S/C8H8F3IN2O2/c1-15-5-3-14-7(12)6(4(5)2-13)16-8(9,10)11/h3H,2,13H2,1H3. The maximum absolute atomic E-state index is 12.1. The van der Waals surface area contributed by atoms with Crippen molar-refractivity contribution in [3.63, 3.8) is 0 Å². The van der Waals surface area contributed by atoms with Crippen molar-refractivity contribution in [1.29, 1.82) is 0 Å². The van der Waals surface area contributed by atoms with Gasteiger partial charge >= 0.3 is 6.36 Å². The van der Waals surface area contributed by atoms with Crippen LogP contribution in [-0.4, -0.2) is 18.5 Å². The summed E-state index contributed by atoms with van der Waals surface area (Å²) in [5.74, 6) is -0.239. The van der Waals surface area contributed by atoms with E-state index in [0.717, 1.165) is 0 Å². The lowest BCUT2D eigenvalue weighted by Gasteiger charge is -2.15. The number of halogens is 4. The van der Waals surface area contributed by atoms with Gasteiger partial charge in [0.25, 0.3) is 0 Å². The van der Waals surface area contributed by atoms with Crippen LogP contribution >= 0.6 is 22.6 Å². The van der Waals surface area contributed by atoms with Crippen LogP contribution in [0.15, 0.2) is 6.20 Å². The Balaban J connectivity index is 3.23. The summed E-state index contributed by atoms with van der Waals surface area (Å²) in [6.07, 6.45) is -3.48. The fraction of sp³-hybridized carbons (Fsp3) is 0.375. The third-order valence-corrected chi connectivity index (χ3v) is 2.46. The number of nitrogens with two attached hydrogens (primary N) is 1. The Morgan fingerprint density at radius 2 is 2.12 bits per heavy atom. The zero-order valence-corrected chi connectivity index (χ0v) is 10.3. The fourth-order valence-electron chi connectivity index (χ4n) is 1.08. The van der Waals surface area contributed by atoms with Crippen LogP contribution in [0.3, 0.4) is 0 Å². The smallest absolute Gasteiger partial charge is 0.495 e. The Kier molecular flexibility index (Phi) is 4.19. The van der Waals surface area contributed by atoms with Crippen molar-refractivity contribution >= 4 is 22.6 Å². The van der Waals surface area contributed by atoms with Crippen LogP contribution in [0.25, 0.3) is 0 Å². The second kappa shape index (κ2) is 5.04. The van der Waals surface area contributed by atoms with Crippen LogP contribution in [-0.2, 0) is 6.54 Å². The summed E-state index contributed by atoms with van der Waals surface area (Å²) in [4.78, 5) is 3.72. The van der Waals surface area contributed by atoms with E-state index in [4.69, 9.17) is 10.5 Å². The number of methoxy groups -OCH3 is 1. The van der Waals surface area contributed by atoms with Crippen molar-refractivity contribution in [2.75, 3.05) is 7.11 Å². The van der Waals surface area contributed by atoms with Gasteiger partial charge in [-0.15, -0.1) is 13.2 Å². The number of aromatic nitrogens is 1. The van der Waals surface area contributed by atoms with Gasteiger partial charge in [-0.3, -0.25) is 0 Å². The molecule has 0 bridgehead atoms. The second-order valence-electron chi connectivity index (χ2n) is 2.68. The molecule has 0 aromatic carbocycles. The highest BCUT2D eigenvalue weighted by Gasteiger charge is 2.34. The molecule has 0 radical (unpaired) electrons. The van der Waals surface area contributed by atoms with Crippen LogP contribution < -0.4 is 15.2 Å². The summed E-state index contributed by atoms with van der Waals surface area (Å²) in [6, 6.07) is 0. The molecule has 1 rings (SSSR count). The van der Waals surface area contributed by atoms with Gasteiger partial charge in [0, 0.05) is 6.54 Å². The van der Waals surface area contributed by atoms with E-state index in [-0.39, 0.29) is 21.6 Å². The van der Waals surface area contributed by atoms with E-state index in [2.05, 4.69) is 9.72 Å². The molecule has 1 aromatic heterocycles. The van der Waals surface area contributed by atoms with Gasteiger partial charge in [0.2, 0.25) is 0 Å². The highest BCUT2D eigenvalue weighted by atomic mass is 127. The van der Waals surface area contributed by atoms with Gasteiger partial charge in [0.15, 0.2) is 5.75 Å². The molecule has 0 amide bonds. The molecule has 4 nitrogen and oxygen atoms in total. The predicted octanol–water partition coefficient (Wildman–Crippen LogP) is 2.05. The van der Waals surface area contributed by atoms with Gasteiger partial charge < -0.3 is 15.2 Å². The summed E-state index contributed by atoms with van der Waals surface area (Å²) in [5.41, 5.74) is 5.49. The molecule has 90 valence electrons. The molecule has 0 saturated carbocycles. The number of pyridine rings is 1. The lowest BCUT2D eigenvalue weighted by Crippen LogP contribution is -2.20. The summed E-state index contributed by atoms with van der Waals surface area (Å²) in [6.45, 7) is -0.132. The van der Waals surface area contributed by atoms with Gasteiger partial charge in [0.05, 0.1) is 18.9 Å². The Hall–Kier alpha value is -0.770. The normalized spacial score (nSPS) is 11.4. The number of alkyl halides is 3. The average molecular weight is 348 g/mol. The largest absolute Gasteiger partial charge is 0.573 e. The molecule has 0 atom stereocenters. The monoisotopic (exact) mass is 348 g/mol. The van der Waals surface area contributed by atoms with Crippen molar-refractivity contribution in [3.05, 3.63) is 15.5 Å². The van der Waals surface area contributed by atoms with Crippen LogP contribution in [0, 0.1) is 3.70 Å². The molecule has 2 N–H and O–H groups in total. The van der Waals surface area contributed by atoms with Gasteiger partial charge in [-0.1, -0.05) is 0 Å². The first-order valence-electron chi connectivity index (χ1n) is 4.06. The molecule has 1 aromatic rings. The number of hydrogen-bond donors (Lipinski definition) is 1. The van der Waals surface area contributed by atoms with Gasteiger partial charge in [-0.25, -0.2) is 4.98 Å². The SMILES string of the molecule is COc1cnc(I)c(OC(F)(F)F)c1CN. The van der Waals surface area contributed by atoms with Gasteiger partial charge in [-0.2, -0.15) is 0 Å². The number of rotatable bonds is 3. The molecule has 0 unspecified atom stereocenters. The molecular weight excluding hydrogens is 340 g/mol. The summed E-state index contributed by atoms with van der Waals surface area (Å²) in [7, 11) is 1.32.